The van der Waals surface area contributed by atoms with E-state index in [0.29, 0.717) is 22.4 Å². The highest BCUT2D eigenvalue weighted by Gasteiger charge is 2.23. The number of rotatable bonds is 1. The van der Waals surface area contributed by atoms with E-state index in [1.54, 1.807) is 18.2 Å². The molecule has 0 saturated heterocycles. The summed E-state index contributed by atoms with van der Waals surface area (Å²) in [4.78, 5) is 12.6. The second-order valence-electron chi connectivity index (χ2n) is 5.57. The lowest BCUT2D eigenvalue weighted by molar-refractivity contribution is 0.585. The minimum absolute atomic E-state index is 0.0627. The molecule has 1 aliphatic rings. The van der Waals surface area contributed by atoms with E-state index in [2.05, 4.69) is 6.08 Å². The van der Waals surface area contributed by atoms with Crippen LogP contribution < -0.4 is 11.2 Å². The number of nitrogen functional groups attached to an aromatic ring is 1. The van der Waals surface area contributed by atoms with E-state index in [0.717, 1.165) is 29.5 Å². The zero-order chi connectivity index (χ0) is 15.1. The summed E-state index contributed by atoms with van der Waals surface area (Å²) in [6, 6.07) is 15.3. The number of allylic oxidation sites excluding steroid dienone is 1. The standard InChI is InChI=1S/C19H15NO2/c20-14-7-9-15-17(11-14)22-19-13(6-8-16(19)18(15)21)10-12-4-2-1-3-5-12/h1-5,7,9-11H,6,8,20H2/b13-10+. The summed E-state index contributed by atoms with van der Waals surface area (Å²) in [5.74, 6) is 0.715. The van der Waals surface area contributed by atoms with E-state index in [-0.39, 0.29) is 5.43 Å². The van der Waals surface area contributed by atoms with Gasteiger partial charge in [0.15, 0.2) is 5.43 Å². The smallest absolute Gasteiger partial charge is 0.196 e. The first-order valence-corrected chi connectivity index (χ1v) is 7.33. The van der Waals surface area contributed by atoms with Gasteiger partial charge in [0.25, 0.3) is 0 Å². The fraction of sp³-hybridized carbons (Fsp3) is 0.105. The van der Waals surface area contributed by atoms with Crippen molar-refractivity contribution >= 4 is 28.3 Å². The summed E-state index contributed by atoms with van der Waals surface area (Å²) >= 11 is 0. The summed E-state index contributed by atoms with van der Waals surface area (Å²) in [7, 11) is 0. The highest BCUT2D eigenvalue weighted by Crippen LogP contribution is 2.34. The molecule has 1 aliphatic carbocycles. The van der Waals surface area contributed by atoms with Crippen molar-refractivity contribution in [2.45, 2.75) is 12.8 Å². The fourth-order valence-corrected chi connectivity index (χ4v) is 3.00. The SMILES string of the molecule is Nc1ccc2c(=O)c3c(oc2c1)/C(=C/c1ccccc1)CC3. The first-order chi connectivity index (χ1) is 10.7. The highest BCUT2D eigenvalue weighted by molar-refractivity contribution is 5.87. The Morgan fingerprint density at radius 3 is 2.68 bits per heavy atom. The minimum Gasteiger partial charge on any atom is -0.456 e. The van der Waals surface area contributed by atoms with Crippen LogP contribution in [0.15, 0.2) is 57.7 Å². The monoisotopic (exact) mass is 289 g/mol. The van der Waals surface area contributed by atoms with Crippen molar-refractivity contribution in [1.29, 1.82) is 0 Å². The number of anilines is 1. The van der Waals surface area contributed by atoms with Crippen molar-refractivity contribution < 1.29 is 4.42 Å². The molecule has 0 aliphatic heterocycles. The van der Waals surface area contributed by atoms with Crippen LogP contribution in [0.4, 0.5) is 5.69 Å². The van der Waals surface area contributed by atoms with Crippen LogP contribution >= 0.6 is 0 Å². The Kier molecular flexibility index (Phi) is 2.86. The van der Waals surface area contributed by atoms with Gasteiger partial charge in [-0.3, -0.25) is 4.79 Å². The van der Waals surface area contributed by atoms with E-state index in [1.165, 1.54) is 0 Å². The molecular formula is C19H15NO2. The molecule has 3 nitrogen and oxygen atoms in total. The number of fused-ring (bicyclic) bond motifs is 2. The minimum atomic E-state index is 0.0627. The van der Waals surface area contributed by atoms with Crippen molar-refractivity contribution in [2.24, 2.45) is 0 Å². The first kappa shape index (κ1) is 12.9. The molecule has 3 aromatic rings. The van der Waals surface area contributed by atoms with Gasteiger partial charge in [0, 0.05) is 17.3 Å². The molecule has 0 atom stereocenters. The van der Waals surface area contributed by atoms with Crippen molar-refractivity contribution in [3.8, 4) is 0 Å². The molecule has 108 valence electrons. The molecule has 0 radical (unpaired) electrons. The van der Waals surface area contributed by atoms with Crippen molar-refractivity contribution in [3.05, 3.63) is 75.6 Å². The van der Waals surface area contributed by atoms with E-state index in [4.69, 9.17) is 10.2 Å². The molecule has 2 N–H and O–H groups in total. The lowest BCUT2D eigenvalue weighted by Crippen LogP contribution is -2.08. The average molecular weight is 289 g/mol. The van der Waals surface area contributed by atoms with Crippen molar-refractivity contribution in [2.75, 3.05) is 5.73 Å². The third kappa shape index (κ3) is 2.02. The molecule has 0 bridgehead atoms. The van der Waals surface area contributed by atoms with Gasteiger partial charge in [0.1, 0.15) is 11.3 Å². The molecule has 0 fully saturated rings. The highest BCUT2D eigenvalue weighted by atomic mass is 16.3. The van der Waals surface area contributed by atoms with Crippen LogP contribution in [0.5, 0.6) is 0 Å². The third-order valence-corrected chi connectivity index (χ3v) is 4.09. The third-order valence-electron chi connectivity index (χ3n) is 4.09. The van der Waals surface area contributed by atoms with Crippen LogP contribution in [0.1, 0.15) is 23.3 Å². The zero-order valence-electron chi connectivity index (χ0n) is 12.0. The second kappa shape index (κ2) is 4.88. The molecule has 0 amide bonds. The molecule has 2 aromatic carbocycles. The second-order valence-corrected chi connectivity index (χ2v) is 5.57. The van der Waals surface area contributed by atoms with Gasteiger partial charge in [-0.1, -0.05) is 30.3 Å². The van der Waals surface area contributed by atoms with Crippen LogP contribution in [-0.2, 0) is 6.42 Å². The van der Waals surface area contributed by atoms with Gasteiger partial charge in [-0.2, -0.15) is 0 Å². The Morgan fingerprint density at radius 2 is 1.86 bits per heavy atom. The molecule has 3 heteroatoms. The van der Waals surface area contributed by atoms with E-state index >= 15 is 0 Å². The van der Waals surface area contributed by atoms with Crippen molar-refractivity contribution in [1.82, 2.24) is 0 Å². The predicted octanol–water partition coefficient (Wildman–Crippen LogP) is 3.86. The Hall–Kier alpha value is -2.81. The summed E-state index contributed by atoms with van der Waals surface area (Å²) in [6.45, 7) is 0. The normalized spacial score (nSPS) is 15.4. The summed E-state index contributed by atoms with van der Waals surface area (Å²) in [6.07, 6.45) is 3.65. The van der Waals surface area contributed by atoms with Crippen LogP contribution in [0.25, 0.3) is 22.6 Å². The number of nitrogens with two attached hydrogens (primary N) is 1. The zero-order valence-corrected chi connectivity index (χ0v) is 12.0. The molecule has 22 heavy (non-hydrogen) atoms. The Balaban J connectivity index is 1.93. The fourth-order valence-electron chi connectivity index (χ4n) is 3.00. The number of hydrogen-bond donors (Lipinski definition) is 1. The first-order valence-electron chi connectivity index (χ1n) is 7.33. The van der Waals surface area contributed by atoms with E-state index < -0.39 is 0 Å². The van der Waals surface area contributed by atoms with Crippen LogP contribution in [-0.4, -0.2) is 0 Å². The maximum Gasteiger partial charge on any atom is 0.196 e. The van der Waals surface area contributed by atoms with E-state index in [1.807, 2.05) is 30.3 Å². The largest absolute Gasteiger partial charge is 0.456 e. The van der Waals surface area contributed by atoms with Gasteiger partial charge in [-0.05, 0) is 42.2 Å². The molecule has 0 saturated carbocycles. The Morgan fingerprint density at radius 1 is 1.05 bits per heavy atom. The molecule has 1 aromatic heterocycles. The molecule has 0 unspecified atom stereocenters. The van der Waals surface area contributed by atoms with Gasteiger partial charge >= 0.3 is 0 Å². The van der Waals surface area contributed by atoms with Gasteiger partial charge in [-0.25, -0.2) is 0 Å². The predicted molar refractivity (Wildman–Crippen MR) is 89.5 cm³/mol. The quantitative estimate of drug-likeness (QED) is 0.692. The summed E-state index contributed by atoms with van der Waals surface area (Å²) in [5, 5.41) is 0.605. The topological polar surface area (TPSA) is 56.2 Å². The summed E-state index contributed by atoms with van der Waals surface area (Å²) < 4.78 is 6.00. The maximum absolute atomic E-state index is 12.6. The van der Waals surface area contributed by atoms with Crippen molar-refractivity contribution in [3.63, 3.8) is 0 Å². The number of hydrogen-bond acceptors (Lipinski definition) is 3. The van der Waals surface area contributed by atoms with Crippen LogP contribution in [0.2, 0.25) is 0 Å². The van der Waals surface area contributed by atoms with Crippen LogP contribution in [0, 0.1) is 0 Å². The summed E-state index contributed by atoms with van der Waals surface area (Å²) in [5.41, 5.74) is 9.98. The molecule has 4 rings (SSSR count). The van der Waals surface area contributed by atoms with Gasteiger partial charge in [0.05, 0.1) is 5.39 Å². The van der Waals surface area contributed by atoms with Gasteiger partial charge in [-0.15, -0.1) is 0 Å². The maximum atomic E-state index is 12.6. The molecular weight excluding hydrogens is 274 g/mol. The molecule has 1 heterocycles. The Bertz CT molecular complexity index is 952. The van der Waals surface area contributed by atoms with E-state index in [9.17, 15) is 4.79 Å². The van der Waals surface area contributed by atoms with Gasteiger partial charge in [0.2, 0.25) is 0 Å². The average Bonchev–Trinajstić information content (AvgIpc) is 2.91. The molecule has 0 spiro atoms. The van der Waals surface area contributed by atoms with Gasteiger partial charge < -0.3 is 10.2 Å². The Labute approximate surface area is 127 Å². The van der Waals surface area contributed by atoms with Crippen LogP contribution in [0.3, 0.4) is 0 Å². The lowest BCUT2D eigenvalue weighted by Gasteiger charge is -2.04. The number of benzene rings is 2. The lowest BCUT2D eigenvalue weighted by atomic mass is 10.1.